The van der Waals surface area contributed by atoms with Crippen LogP contribution in [0.3, 0.4) is 0 Å². The number of pyridine rings is 1. The Labute approximate surface area is 167 Å². The van der Waals surface area contributed by atoms with Crippen molar-refractivity contribution < 1.29 is 18.1 Å². The molecule has 0 N–H and O–H groups in total. The highest BCUT2D eigenvalue weighted by Crippen LogP contribution is 2.32. The molecule has 30 heavy (non-hydrogen) atoms. The van der Waals surface area contributed by atoms with Crippen molar-refractivity contribution in [2.45, 2.75) is 6.18 Å². The summed E-state index contributed by atoms with van der Waals surface area (Å²) in [6.07, 6.45) is -3.03. The summed E-state index contributed by atoms with van der Waals surface area (Å²) in [5.41, 5.74) is -1.43. The molecular weight excluding hydrogens is 403 g/mol. The van der Waals surface area contributed by atoms with Gasteiger partial charge in [-0.05, 0) is 30.3 Å². The maximum absolute atomic E-state index is 13.0. The average molecular weight is 419 g/mol. The first kappa shape index (κ1) is 19.7. The average Bonchev–Trinajstić information content (AvgIpc) is 2.73. The van der Waals surface area contributed by atoms with Gasteiger partial charge in [0, 0.05) is 38.1 Å². The zero-order valence-electron chi connectivity index (χ0n) is 15.5. The fourth-order valence-electron chi connectivity index (χ4n) is 3.50. The van der Waals surface area contributed by atoms with Crippen LogP contribution in [-0.4, -0.2) is 40.5 Å². The number of benzene rings is 1. The van der Waals surface area contributed by atoms with Crippen LogP contribution in [0.1, 0.15) is 5.56 Å². The number of hydrogen-bond acceptors (Lipinski definition) is 6. The fraction of sp³-hybridized carbons (Fsp3) is 0.263. The molecule has 8 nitrogen and oxygen atoms in total. The van der Waals surface area contributed by atoms with Gasteiger partial charge in [0.15, 0.2) is 0 Å². The molecule has 11 heteroatoms. The number of anilines is 2. The van der Waals surface area contributed by atoms with Gasteiger partial charge in [0.2, 0.25) is 5.82 Å². The second-order valence-electron chi connectivity index (χ2n) is 6.80. The highest BCUT2D eigenvalue weighted by molar-refractivity contribution is 5.62. The van der Waals surface area contributed by atoms with Crippen molar-refractivity contribution in [2.75, 3.05) is 36.0 Å². The van der Waals surface area contributed by atoms with Crippen molar-refractivity contribution in [3.63, 3.8) is 0 Å². The Morgan fingerprint density at radius 2 is 1.70 bits per heavy atom. The molecule has 0 bridgehead atoms. The molecule has 1 aliphatic rings. The molecule has 0 atom stereocenters. The monoisotopic (exact) mass is 419 g/mol. The van der Waals surface area contributed by atoms with Crippen LogP contribution in [0, 0.1) is 10.1 Å². The third-order valence-corrected chi connectivity index (χ3v) is 4.99. The summed E-state index contributed by atoms with van der Waals surface area (Å²) in [7, 11) is 0. The molecule has 0 unspecified atom stereocenters. The highest BCUT2D eigenvalue weighted by Gasteiger charge is 2.32. The standard InChI is InChI=1S/C19H16F3N5O3/c20-19(21,22)13-4-3-5-14(12-13)24-8-10-25(11-9-24)17-16(27(29)30)18(28)26-7-2-1-6-15(26)23-17/h1-7,12H,8-11H2. The number of alkyl halides is 3. The molecule has 1 aromatic carbocycles. The van der Waals surface area contributed by atoms with Crippen molar-refractivity contribution in [1.29, 1.82) is 0 Å². The smallest absolute Gasteiger partial charge is 0.368 e. The Morgan fingerprint density at radius 3 is 2.37 bits per heavy atom. The van der Waals surface area contributed by atoms with Gasteiger partial charge in [0.25, 0.3) is 0 Å². The SMILES string of the molecule is O=c1c([N+](=O)[O-])c(N2CCN(c3cccc(C(F)(F)F)c3)CC2)nc2ccccn12. The summed E-state index contributed by atoms with van der Waals surface area (Å²) < 4.78 is 40.0. The molecule has 3 aromatic rings. The van der Waals surface area contributed by atoms with Crippen LogP contribution in [0.5, 0.6) is 0 Å². The number of nitro groups is 1. The van der Waals surface area contributed by atoms with Gasteiger partial charge in [-0.15, -0.1) is 0 Å². The number of fused-ring (bicyclic) bond motifs is 1. The lowest BCUT2D eigenvalue weighted by molar-refractivity contribution is -0.385. The lowest BCUT2D eigenvalue weighted by Gasteiger charge is -2.36. The molecule has 0 radical (unpaired) electrons. The predicted molar refractivity (Wildman–Crippen MR) is 104 cm³/mol. The summed E-state index contributed by atoms with van der Waals surface area (Å²) in [6.45, 7) is 1.20. The van der Waals surface area contributed by atoms with Crippen molar-refractivity contribution in [3.05, 3.63) is 74.7 Å². The lowest BCUT2D eigenvalue weighted by atomic mass is 10.1. The molecule has 1 fully saturated rings. The van der Waals surface area contributed by atoms with Crippen molar-refractivity contribution >= 4 is 22.8 Å². The van der Waals surface area contributed by atoms with Crippen LogP contribution in [-0.2, 0) is 6.18 Å². The zero-order chi connectivity index (χ0) is 21.5. The Balaban J connectivity index is 1.62. The minimum atomic E-state index is -4.43. The van der Waals surface area contributed by atoms with Gasteiger partial charge >= 0.3 is 17.4 Å². The van der Waals surface area contributed by atoms with Crippen LogP contribution in [0.15, 0.2) is 53.5 Å². The second kappa shape index (κ2) is 7.32. The van der Waals surface area contributed by atoms with E-state index in [1.165, 1.54) is 12.3 Å². The van der Waals surface area contributed by atoms with Gasteiger partial charge in [-0.2, -0.15) is 13.2 Å². The van der Waals surface area contributed by atoms with Gasteiger partial charge in [0.05, 0.1) is 10.5 Å². The van der Waals surface area contributed by atoms with Crippen molar-refractivity contribution in [2.24, 2.45) is 0 Å². The minimum Gasteiger partial charge on any atom is -0.368 e. The first-order chi connectivity index (χ1) is 14.3. The molecule has 1 saturated heterocycles. The summed E-state index contributed by atoms with van der Waals surface area (Å²) in [5, 5.41) is 11.6. The second-order valence-corrected chi connectivity index (χ2v) is 6.80. The number of piperazine rings is 1. The molecule has 2 aromatic heterocycles. The molecule has 1 aliphatic heterocycles. The van der Waals surface area contributed by atoms with Gasteiger partial charge in [-0.25, -0.2) is 4.98 Å². The number of hydrogen-bond donors (Lipinski definition) is 0. The number of rotatable bonds is 3. The van der Waals surface area contributed by atoms with E-state index in [1.807, 2.05) is 0 Å². The van der Waals surface area contributed by atoms with E-state index in [4.69, 9.17) is 0 Å². The van der Waals surface area contributed by atoms with Gasteiger partial charge in [-0.3, -0.25) is 19.3 Å². The van der Waals surface area contributed by atoms with Crippen molar-refractivity contribution in [1.82, 2.24) is 9.38 Å². The number of nitrogens with zero attached hydrogens (tertiary/aromatic N) is 5. The highest BCUT2D eigenvalue weighted by atomic mass is 19.4. The molecule has 3 heterocycles. The first-order valence-corrected chi connectivity index (χ1v) is 9.08. The fourth-order valence-corrected chi connectivity index (χ4v) is 3.50. The van der Waals surface area contributed by atoms with Crippen molar-refractivity contribution in [3.8, 4) is 0 Å². The number of aromatic nitrogens is 2. The topological polar surface area (TPSA) is 84.0 Å². The van der Waals surface area contributed by atoms with Gasteiger partial charge in [0.1, 0.15) is 5.65 Å². The maximum Gasteiger partial charge on any atom is 0.416 e. The largest absolute Gasteiger partial charge is 0.416 e. The summed E-state index contributed by atoms with van der Waals surface area (Å²) in [5.74, 6) is -0.0279. The van der Waals surface area contributed by atoms with E-state index in [-0.39, 0.29) is 24.6 Å². The van der Waals surface area contributed by atoms with E-state index in [0.717, 1.165) is 16.5 Å². The summed E-state index contributed by atoms with van der Waals surface area (Å²) in [6, 6.07) is 9.85. The minimum absolute atomic E-state index is 0.0279. The molecule has 0 amide bonds. The van der Waals surface area contributed by atoms with E-state index in [2.05, 4.69) is 4.98 Å². The van der Waals surface area contributed by atoms with E-state index in [1.54, 1.807) is 34.1 Å². The van der Waals surface area contributed by atoms with Crippen LogP contribution >= 0.6 is 0 Å². The molecular formula is C19H16F3N5O3. The third kappa shape index (κ3) is 3.53. The summed E-state index contributed by atoms with van der Waals surface area (Å²) >= 11 is 0. The number of halogens is 3. The third-order valence-electron chi connectivity index (χ3n) is 4.99. The van der Waals surface area contributed by atoms with Crippen LogP contribution in [0.25, 0.3) is 5.65 Å². The Kier molecular flexibility index (Phi) is 4.80. The maximum atomic E-state index is 13.0. The Bertz CT molecular complexity index is 1170. The lowest BCUT2D eigenvalue weighted by Crippen LogP contribution is -2.47. The quantitative estimate of drug-likeness (QED) is 0.480. The van der Waals surface area contributed by atoms with E-state index in [0.29, 0.717) is 18.8 Å². The molecule has 0 aliphatic carbocycles. The molecule has 0 saturated carbocycles. The molecule has 156 valence electrons. The molecule has 4 rings (SSSR count). The summed E-state index contributed by atoms with van der Waals surface area (Å²) in [4.78, 5) is 31.1. The zero-order valence-corrected chi connectivity index (χ0v) is 15.5. The van der Waals surface area contributed by atoms with E-state index >= 15 is 0 Å². The molecule has 0 spiro atoms. The van der Waals surface area contributed by atoms with E-state index in [9.17, 15) is 28.1 Å². The first-order valence-electron chi connectivity index (χ1n) is 9.08. The van der Waals surface area contributed by atoms with Gasteiger partial charge in [-0.1, -0.05) is 12.1 Å². The Morgan fingerprint density at radius 1 is 1.00 bits per heavy atom. The van der Waals surface area contributed by atoms with Crippen LogP contribution in [0.4, 0.5) is 30.4 Å². The normalized spacial score (nSPS) is 14.9. The van der Waals surface area contributed by atoms with Crippen LogP contribution in [0.2, 0.25) is 0 Å². The van der Waals surface area contributed by atoms with Crippen LogP contribution < -0.4 is 15.4 Å². The van der Waals surface area contributed by atoms with Gasteiger partial charge < -0.3 is 9.80 Å². The Hall–Kier alpha value is -3.63. The predicted octanol–water partition coefficient (Wildman–Crippen LogP) is 2.95. The van der Waals surface area contributed by atoms with E-state index < -0.39 is 27.9 Å².